The van der Waals surface area contributed by atoms with Crippen molar-refractivity contribution in [1.82, 2.24) is 5.32 Å². The molecule has 0 aromatic carbocycles. The average molecular weight is 572 g/mol. The quantitative estimate of drug-likeness (QED) is 0.198. The van der Waals surface area contributed by atoms with E-state index >= 15 is 0 Å². The minimum atomic E-state index is -2.43. The summed E-state index contributed by atoms with van der Waals surface area (Å²) in [6.45, 7) is 13.3. The molecule has 0 saturated heterocycles. The molecule has 1 amide bonds. The summed E-state index contributed by atoms with van der Waals surface area (Å²) in [5.41, 5.74) is -0.439. The summed E-state index contributed by atoms with van der Waals surface area (Å²) >= 11 is -0.0230. The second kappa shape index (κ2) is 13.7. The molecule has 0 fully saturated rings. The van der Waals surface area contributed by atoms with Gasteiger partial charge in [-0.3, -0.25) is 0 Å². The zero-order chi connectivity index (χ0) is 19.3. The predicted octanol–water partition coefficient (Wildman–Crippen LogP) is 7.22. The monoisotopic (exact) mass is 573 g/mol. The van der Waals surface area contributed by atoms with Gasteiger partial charge in [-0.25, -0.2) is 0 Å². The molecule has 148 valence electrons. The Balaban J connectivity index is 5.20. The third-order valence-corrected chi connectivity index (χ3v) is 23.1. The summed E-state index contributed by atoms with van der Waals surface area (Å²) in [4.78, 5) is 12.1. The second-order valence-corrected chi connectivity index (χ2v) is 22.1. The molecule has 0 aromatic rings. The number of unbranched alkanes of at least 4 members (excludes halogenated alkanes) is 3. The summed E-state index contributed by atoms with van der Waals surface area (Å²) in [7, 11) is 0. The first-order valence-electron chi connectivity index (χ1n) is 10.0. The summed E-state index contributed by atoms with van der Waals surface area (Å²) in [5, 5.41) is 3.04. The molecule has 0 atom stereocenters. The van der Waals surface area contributed by atoms with Crippen LogP contribution in [0.3, 0.4) is 0 Å². The Bertz CT molecular complexity index is 383. The van der Waals surface area contributed by atoms with Crippen LogP contribution in [0.5, 0.6) is 0 Å². The van der Waals surface area contributed by atoms with E-state index in [1.54, 1.807) is 3.59 Å². The number of nitrogens with one attached hydrogen (secondary N) is 1. The van der Waals surface area contributed by atoms with Gasteiger partial charge in [0.05, 0.1) is 0 Å². The van der Waals surface area contributed by atoms with Gasteiger partial charge in [-0.2, -0.15) is 0 Å². The van der Waals surface area contributed by atoms with Crippen LogP contribution < -0.4 is 5.32 Å². The van der Waals surface area contributed by atoms with E-state index in [2.05, 4.69) is 52.8 Å². The van der Waals surface area contributed by atoms with Gasteiger partial charge >= 0.3 is 175 Å². The number of ether oxygens (including phenoxy) is 1. The molecule has 25 heavy (non-hydrogen) atoms. The van der Waals surface area contributed by atoms with Crippen molar-refractivity contribution in [2.24, 2.45) is 0 Å². The van der Waals surface area contributed by atoms with E-state index in [4.69, 9.17) is 4.74 Å². The van der Waals surface area contributed by atoms with Crippen LogP contribution in [0, 0.1) is 0 Å². The Morgan fingerprint density at radius 2 is 1.44 bits per heavy atom. The third-order valence-electron chi connectivity index (χ3n) is 4.66. The Kier molecular flexibility index (Phi) is 14.0. The van der Waals surface area contributed by atoms with Gasteiger partial charge in [0.25, 0.3) is 0 Å². The maximum atomic E-state index is 12.1. The molecule has 0 spiro atoms. The minimum absolute atomic E-state index is 0.287. The van der Waals surface area contributed by atoms with Crippen molar-refractivity contribution in [2.75, 3.05) is 6.54 Å². The molecular formula is C20H40INO2Sn. The van der Waals surface area contributed by atoms with Crippen molar-refractivity contribution >= 4 is 47.1 Å². The molecule has 0 unspecified atom stereocenters. The SMILES string of the molecule is CCC[CH2][Sn]([CH2]CCC)([CH2]CCC)/[C](=C\I)CNC(=O)OC(C)(C)C. The number of rotatable bonds is 12. The van der Waals surface area contributed by atoms with Crippen molar-refractivity contribution in [3.8, 4) is 0 Å². The molecule has 0 aliphatic heterocycles. The molecule has 3 nitrogen and oxygen atoms in total. The number of carbonyl (C=O) groups is 1. The van der Waals surface area contributed by atoms with Gasteiger partial charge in [-0.15, -0.1) is 0 Å². The first-order chi connectivity index (χ1) is 11.7. The number of alkyl carbamates (subject to hydrolysis) is 1. The topological polar surface area (TPSA) is 38.3 Å². The van der Waals surface area contributed by atoms with Gasteiger partial charge in [-0.1, -0.05) is 0 Å². The molecule has 1 N–H and O–H groups in total. The van der Waals surface area contributed by atoms with E-state index in [-0.39, 0.29) is 6.09 Å². The molecule has 0 heterocycles. The fourth-order valence-corrected chi connectivity index (χ4v) is 23.6. The number of carbonyl (C=O) groups excluding carboxylic acids is 1. The van der Waals surface area contributed by atoms with E-state index in [9.17, 15) is 4.79 Å². The van der Waals surface area contributed by atoms with Crippen molar-refractivity contribution in [3.05, 3.63) is 7.67 Å². The van der Waals surface area contributed by atoms with Crippen molar-refractivity contribution < 1.29 is 9.53 Å². The molecule has 0 aromatic heterocycles. The van der Waals surface area contributed by atoms with Crippen LogP contribution in [0.15, 0.2) is 7.67 Å². The third kappa shape index (κ3) is 11.1. The van der Waals surface area contributed by atoms with Gasteiger partial charge in [0.1, 0.15) is 0 Å². The van der Waals surface area contributed by atoms with Crippen LogP contribution >= 0.6 is 22.6 Å². The van der Waals surface area contributed by atoms with Crippen LogP contribution in [0.1, 0.15) is 80.1 Å². The van der Waals surface area contributed by atoms with E-state index in [1.807, 2.05) is 20.8 Å². The van der Waals surface area contributed by atoms with Crippen molar-refractivity contribution in [3.63, 3.8) is 0 Å². The molecule has 0 bridgehead atoms. The Morgan fingerprint density at radius 1 is 1.00 bits per heavy atom. The zero-order valence-corrected chi connectivity index (χ0v) is 22.4. The first-order valence-corrected chi connectivity index (χ1v) is 18.7. The number of hydrogen-bond donors (Lipinski definition) is 1. The van der Waals surface area contributed by atoms with E-state index in [0.717, 1.165) is 0 Å². The zero-order valence-electron chi connectivity index (χ0n) is 17.3. The van der Waals surface area contributed by atoms with Crippen LogP contribution in [-0.2, 0) is 4.74 Å². The summed E-state index contributed by atoms with van der Waals surface area (Å²) < 4.78 is 13.6. The normalized spacial score (nSPS) is 13.0. The van der Waals surface area contributed by atoms with Gasteiger partial charge in [0.2, 0.25) is 0 Å². The van der Waals surface area contributed by atoms with E-state index < -0.39 is 24.0 Å². The standard InChI is InChI=1S/C8H13INO2.3C4H9.Sn/c1-8(2,3)12-7(11)10-6-4-5-9;3*1-3-4-2;/h5H,6H2,1-3H3,(H,10,11);3*1,3-4H2,2H3;. The summed E-state index contributed by atoms with van der Waals surface area (Å²) in [6, 6.07) is 0. The molecule has 5 heteroatoms. The van der Waals surface area contributed by atoms with Gasteiger partial charge in [-0.05, 0) is 0 Å². The van der Waals surface area contributed by atoms with Crippen LogP contribution in [-0.4, -0.2) is 36.6 Å². The van der Waals surface area contributed by atoms with Crippen LogP contribution in [0.4, 0.5) is 4.79 Å². The van der Waals surface area contributed by atoms with Crippen LogP contribution in [0.2, 0.25) is 13.3 Å². The summed E-state index contributed by atoms with van der Waals surface area (Å²) in [5.74, 6) is 0. The predicted molar refractivity (Wildman–Crippen MR) is 121 cm³/mol. The van der Waals surface area contributed by atoms with Crippen molar-refractivity contribution in [2.45, 2.75) is 99.0 Å². The Morgan fingerprint density at radius 3 is 1.76 bits per heavy atom. The molecule has 0 radical (unpaired) electrons. The molecule has 0 saturated carbocycles. The van der Waals surface area contributed by atoms with Crippen LogP contribution in [0.25, 0.3) is 0 Å². The fraction of sp³-hybridized carbons (Fsp3) is 0.850. The van der Waals surface area contributed by atoms with Gasteiger partial charge in [0.15, 0.2) is 0 Å². The molecular weight excluding hydrogens is 532 g/mol. The maximum absolute atomic E-state index is 12.1. The summed E-state index contributed by atoms with van der Waals surface area (Å²) in [6.07, 6.45) is 7.53. The average Bonchev–Trinajstić information content (AvgIpc) is 2.54. The number of amides is 1. The van der Waals surface area contributed by atoms with Crippen molar-refractivity contribution in [1.29, 1.82) is 0 Å². The van der Waals surface area contributed by atoms with Gasteiger partial charge in [0, 0.05) is 0 Å². The number of hydrogen-bond acceptors (Lipinski definition) is 2. The molecule has 0 aliphatic rings. The van der Waals surface area contributed by atoms with Gasteiger partial charge < -0.3 is 0 Å². The molecule has 0 rings (SSSR count). The fourth-order valence-electron chi connectivity index (χ4n) is 3.23. The Labute approximate surface area is 174 Å². The Hall–Kier alpha value is 0.539. The second-order valence-electron chi connectivity index (χ2n) is 8.08. The molecule has 0 aliphatic carbocycles. The first kappa shape index (κ1) is 25.5. The van der Waals surface area contributed by atoms with E-state index in [0.29, 0.717) is 6.54 Å². The van der Waals surface area contributed by atoms with E-state index in [1.165, 1.54) is 51.8 Å². The number of halogens is 1.